The first-order valence-corrected chi connectivity index (χ1v) is 7.37. The number of methoxy groups -OCH3 is 1. The first-order chi connectivity index (χ1) is 10.2. The van der Waals surface area contributed by atoms with Crippen LogP contribution >= 0.6 is 0 Å². The van der Waals surface area contributed by atoms with E-state index in [1.165, 1.54) is 7.11 Å². The molecule has 0 aromatic heterocycles. The van der Waals surface area contributed by atoms with Crippen molar-refractivity contribution in [2.75, 3.05) is 46.6 Å². The quantitative estimate of drug-likeness (QED) is 0.642. The number of ether oxygens (including phenoxy) is 4. The first kappa shape index (κ1) is 16.2. The summed E-state index contributed by atoms with van der Waals surface area (Å²) in [6.07, 6.45) is 1.56. The number of carbonyl (C=O) groups excluding carboxylic acids is 2. The van der Waals surface area contributed by atoms with Gasteiger partial charge in [0.25, 0.3) is 5.91 Å². The van der Waals surface area contributed by atoms with Crippen LogP contribution in [0, 0.1) is 0 Å². The summed E-state index contributed by atoms with van der Waals surface area (Å²) in [7, 11) is 1.34. The normalized spacial score (nSPS) is 25.6. The van der Waals surface area contributed by atoms with Crippen LogP contribution in [-0.4, -0.2) is 75.6 Å². The lowest BCUT2D eigenvalue weighted by molar-refractivity contribution is -0.160. The van der Waals surface area contributed by atoms with Gasteiger partial charge in [0.1, 0.15) is 0 Å². The molecule has 0 aromatic carbocycles. The van der Waals surface area contributed by atoms with Crippen molar-refractivity contribution in [3.63, 3.8) is 0 Å². The molecule has 0 N–H and O–H groups in total. The van der Waals surface area contributed by atoms with Crippen molar-refractivity contribution in [1.82, 2.24) is 4.90 Å². The summed E-state index contributed by atoms with van der Waals surface area (Å²) in [6, 6.07) is 0. The molecule has 2 fully saturated rings. The molecule has 1 amide bonds. The Balaban J connectivity index is 1.91. The molecule has 0 radical (unpaired) electrons. The van der Waals surface area contributed by atoms with Crippen molar-refractivity contribution in [3.8, 4) is 0 Å². The smallest absolute Gasteiger partial charge is 0.307 e. The molecule has 0 saturated carbocycles. The van der Waals surface area contributed by atoms with Crippen molar-refractivity contribution in [2.45, 2.75) is 31.5 Å². The van der Waals surface area contributed by atoms with E-state index in [1.54, 1.807) is 4.90 Å². The van der Waals surface area contributed by atoms with Gasteiger partial charge in [0, 0.05) is 19.7 Å². The average Bonchev–Trinajstić information content (AvgIpc) is 3.04. The predicted molar refractivity (Wildman–Crippen MR) is 72.7 cm³/mol. The second-order valence-corrected chi connectivity index (χ2v) is 5.18. The fourth-order valence-corrected chi connectivity index (χ4v) is 2.49. The second-order valence-electron chi connectivity index (χ2n) is 5.18. The van der Waals surface area contributed by atoms with Crippen LogP contribution in [-0.2, 0) is 28.5 Å². The number of hydrogen-bond donors (Lipinski definition) is 0. The van der Waals surface area contributed by atoms with E-state index in [-0.39, 0.29) is 31.0 Å². The summed E-state index contributed by atoms with van der Waals surface area (Å²) in [6.45, 7) is 2.71. The van der Waals surface area contributed by atoms with E-state index in [9.17, 15) is 9.59 Å². The van der Waals surface area contributed by atoms with Crippen LogP contribution < -0.4 is 0 Å². The third kappa shape index (κ3) is 4.94. The molecule has 2 rings (SSSR count). The van der Waals surface area contributed by atoms with Crippen molar-refractivity contribution >= 4 is 11.9 Å². The van der Waals surface area contributed by atoms with Crippen LogP contribution in [0.5, 0.6) is 0 Å². The summed E-state index contributed by atoms with van der Waals surface area (Å²) in [5.74, 6) is -0.477. The highest BCUT2D eigenvalue weighted by molar-refractivity contribution is 5.81. The zero-order valence-corrected chi connectivity index (χ0v) is 12.4. The summed E-state index contributed by atoms with van der Waals surface area (Å²) in [4.78, 5) is 25.4. The van der Waals surface area contributed by atoms with Crippen LogP contribution in [0.4, 0.5) is 0 Å². The third-order valence-corrected chi connectivity index (χ3v) is 3.66. The highest BCUT2D eigenvalue weighted by atomic mass is 16.6. The zero-order chi connectivity index (χ0) is 15.1. The summed E-state index contributed by atoms with van der Waals surface area (Å²) < 4.78 is 20.9. The maximum atomic E-state index is 12.5. The molecule has 2 aliphatic heterocycles. The molecule has 0 bridgehead atoms. The summed E-state index contributed by atoms with van der Waals surface area (Å²) in [5.41, 5.74) is 0. The van der Waals surface area contributed by atoms with Gasteiger partial charge < -0.3 is 23.8 Å². The van der Waals surface area contributed by atoms with Crippen LogP contribution in [0.2, 0.25) is 0 Å². The largest absolute Gasteiger partial charge is 0.469 e. The van der Waals surface area contributed by atoms with Gasteiger partial charge in [0.05, 0.1) is 39.5 Å². The number of amides is 1. The van der Waals surface area contributed by atoms with E-state index in [1.807, 2.05) is 0 Å². The van der Waals surface area contributed by atoms with Crippen molar-refractivity contribution < 1.29 is 28.5 Å². The molecular formula is C14H23NO6. The topological polar surface area (TPSA) is 74.3 Å². The lowest BCUT2D eigenvalue weighted by Gasteiger charge is -2.30. The van der Waals surface area contributed by atoms with E-state index in [4.69, 9.17) is 14.2 Å². The Kier molecular flexibility index (Phi) is 6.41. The average molecular weight is 301 g/mol. The number of carbonyl (C=O) groups is 2. The molecule has 0 unspecified atom stereocenters. The van der Waals surface area contributed by atoms with Gasteiger partial charge in [0.15, 0.2) is 6.10 Å². The minimum atomic E-state index is -0.585. The number of hydrogen-bond acceptors (Lipinski definition) is 6. The fraction of sp³-hybridized carbons (Fsp3) is 0.857. The van der Waals surface area contributed by atoms with Gasteiger partial charge in [-0.1, -0.05) is 0 Å². The van der Waals surface area contributed by atoms with Gasteiger partial charge in [0.2, 0.25) is 0 Å². The number of esters is 1. The first-order valence-electron chi connectivity index (χ1n) is 7.37. The monoisotopic (exact) mass is 301 g/mol. The molecular weight excluding hydrogens is 278 g/mol. The van der Waals surface area contributed by atoms with E-state index < -0.39 is 6.10 Å². The van der Waals surface area contributed by atoms with Crippen molar-refractivity contribution in [3.05, 3.63) is 0 Å². The van der Waals surface area contributed by atoms with Crippen LogP contribution in [0.3, 0.4) is 0 Å². The van der Waals surface area contributed by atoms with Crippen molar-refractivity contribution in [1.29, 1.82) is 0 Å². The van der Waals surface area contributed by atoms with Gasteiger partial charge in [-0.25, -0.2) is 0 Å². The Labute approximate surface area is 124 Å². The minimum Gasteiger partial charge on any atom is -0.469 e. The van der Waals surface area contributed by atoms with E-state index in [0.29, 0.717) is 26.3 Å². The Morgan fingerprint density at radius 2 is 2.10 bits per heavy atom. The molecule has 120 valence electrons. The maximum absolute atomic E-state index is 12.5. The highest BCUT2D eigenvalue weighted by Gasteiger charge is 2.30. The van der Waals surface area contributed by atoms with E-state index in [2.05, 4.69) is 4.74 Å². The lowest BCUT2D eigenvalue weighted by atomic mass is 10.2. The van der Waals surface area contributed by atoms with Gasteiger partial charge in [-0.3, -0.25) is 9.59 Å². The Bertz CT molecular complexity index is 349. The second kappa shape index (κ2) is 8.31. The molecule has 2 saturated heterocycles. The lowest BCUT2D eigenvalue weighted by Crippen LogP contribution is -2.48. The van der Waals surface area contributed by atoms with Gasteiger partial charge in [-0.15, -0.1) is 0 Å². The fourth-order valence-electron chi connectivity index (χ4n) is 2.49. The maximum Gasteiger partial charge on any atom is 0.307 e. The standard InChI is InChI=1S/C14H23NO6/c1-18-13(16)4-5-15(9-11-3-2-6-20-11)14(17)12-10-19-7-8-21-12/h11-12H,2-10H2,1H3/t11-,12+/m0/s1. The SMILES string of the molecule is COC(=O)CCN(C[C@@H]1CCCO1)C(=O)[C@H]1COCCO1. The van der Waals surface area contributed by atoms with Gasteiger partial charge in [-0.05, 0) is 12.8 Å². The molecule has 2 aliphatic rings. The molecule has 7 nitrogen and oxygen atoms in total. The molecule has 0 aromatic rings. The molecule has 2 atom stereocenters. The van der Waals surface area contributed by atoms with E-state index in [0.717, 1.165) is 19.4 Å². The molecule has 7 heteroatoms. The minimum absolute atomic E-state index is 0.0381. The van der Waals surface area contributed by atoms with Gasteiger partial charge >= 0.3 is 5.97 Å². The van der Waals surface area contributed by atoms with Crippen LogP contribution in [0.1, 0.15) is 19.3 Å². The summed E-state index contributed by atoms with van der Waals surface area (Å²) >= 11 is 0. The molecule has 0 spiro atoms. The van der Waals surface area contributed by atoms with Gasteiger partial charge in [-0.2, -0.15) is 0 Å². The van der Waals surface area contributed by atoms with Crippen LogP contribution in [0.15, 0.2) is 0 Å². The zero-order valence-electron chi connectivity index (χ0n) is 12.4. The molecule has 2 heterocycles. The summed E-state index contributed by atoms with van der Waals surface area (Å²) in [5, 5.41) is 0. The van der Waals surface area contributed by atoms with E-state index >= 15 is 0 Å². The molecule has 21 heavy (non-hydrogen) atoms. The van der Waals surface area contributed by atoms with Crippen molar-refractivity contribution in [2.24, 2.45) is 0 Å². The number of rotatable bonds is 6. The molecule has 0 aliphatic carbocycles. The predicted octanol–water partition coefficient (Wildman–Crippen LogP) is -0.0275. The Morgan fingerprint density at radius 1 is 1.24 bits per heavy atom. The highest BCUT2D eigenvalue weighted by Crippen LogP contribution is 2.15. The third-order valence-electron chi connectivity index (χ3n) is 3.66. The number of nitrogens with zero attached hydrogens (tertiary/aromatic N) is 1. The Hall–Kier alpha value is -1.18. The van der Waals surface area contributed by atoms with Crippen LogP contribution in [0.25, 0.3) is 0 Å². The Morgan fingerprint density at radius 3 is 2.71 bits per heavy atom.